The van der Waals surface area contributed by atoms with E-state index in [0.717, 1.165) is 17.8 Å². The van der Waals surface area contributed by atoms with Gasteiger partial charge in [-0.25, -0.2) is 13.6 Å². The van der Waals surface area contributed by atoms with E-state index < -0.39 is 23.4 Å². The van der Waals surface area contributed by atoms with E-state index in [1.807, 2.05) is 0 Å². The van der Waals surface area contributed by atoms with Gasteiger partial charge in [-0.1, -0.05) is 12.1 Å². The van der Waals surface area contributed by atoms with Crippen LogP contribution in [0.15, 0.2) is 72.3 Å². The fourth-order valence-electron chi connectivity index (χ4n) is 5.27. The summed E-state index contributed by atoms with van der Waals surface area (Å²) < 4.78 is 67.4. The van der Waals surface area contributed by atoms with Crippen molar-refractivity contribution in [1.82, 2.24) is 8.75 Å². The lowest BCUT2D eigenvalue weighted by Crippen LogP contribution is -2.30. The van der Waals surface area contributed by atoms with Gasteiger partial charge in [-0.3, -0.25) is 4.79 Å². The molecule has 1 aliphatic rings. The first-order chi connectivity index (χ1) is 23.6. The number of aliphatic hydroxyl groups is 1. The van der Waals surface area contributed by atoms with Gasteiger partial charge < -0.3 is 33.5 Å². The molecule has 1 aliphatic heterocycles. The molecule has 0 spiro atoms. The van der Waals surface area contributed by atoms with Gasteiger partial charge >= 0.3 is 5.97 Å². The van der Waals surface area contributed by atoms with Gasteiger partial charge in [0.2, 0.25) is 5.75 Å². The standard InChI is InChI=1S/C27H23FN2O7S.C8H7FO2/c1-33-21-8-5-14(10-18(21)28)9-17-24(15-6-7-19-20(11-15)30-38-29-19)26(31)37-27(17,32)16-12-22(34-2)25(36-4)23(13-16)35-3;1-11-8-3-2-6(5-10)4-7(8)9/h5-8,10-13,32H,9H2,1-4H3;2-5H,1H3. The van der Waals surface area contributed by atoms with Crippen molar-refractivity contribution in [2.75, 3.05) is 35.5 Å². The molecular formula is C35H30F2N2O9S. The predicted molar refractivity (Wildman–Crippen MR) is 175 cm³/mol. The summed E-state index contributed by atoms with van der Waals surface area (Å²) in [5, 5.41) is 12.0. The molecule has 2 heterocycles. The topological polar surface area (TPSA) is 136 Å². The average Bonchev–Trinajstić information content (AvgIpc) is 3.68. The summed E-state index contributed by atoms with van der Waals surface area (Å²) in [7, 11) is 7.07. The number of methoxy groups -OCH3 is 5. The van der Waals surface area contributed by atoms with Crippen LogP contribution in [0.4, 0.5) is 8.78 Å². The number of aromatic nitrogens is 2. The average molecular weight is 693 g/mol. The first-order valence-electron chi connectivity index (χ1n) is 14.4. The van der Waals surface area contributed by atoms with Crippen LogP contribution in [0.5, 0.6) is 28.7 Å². The lowest BCUT2D eigenvalue weighted by atomic mass is 9.87. The Bertz CT molecular complexity index is 2040. The molecule has 0 aliphatic carbocycles. The largest absolute Gasteiger partial charge is 0.494 e. The Morgan fingerprint density at radius 3 is 1.96 bits per heavy atom. The highest BCUT2D eigenvalue weighted by Gasteiger charge is 2.49. The number of ether oxygens (including phenoxy) is 6. The molecule has 1 N–H and O–H groups in total. The number of esters is 1. The summed E-state index contributed by atoms with van der Waals surface area (Å²) in [6.07, 6.45) is 0.561. The minimum Gasteiger partial charge on any atom is -0.494 e. The lowest BCUT2D eigenvalue weighted by molar-refractivity contribution is -0.185. The monoisotopic (exact) mass is 692 g/mol. The molecule has 0 saturated heterocycles. The van der Waals surface area contributed by atoms with E-state index in [0.29, 0.717) is 39.8 Å². The quantitative estimate of drug-likeness (QED) is 0.138. The molecule has 0 amide bonds. The number of aldehydes is 1. The van der Waals surface area contributed by atoms with Crippen LogP contribution in [0.25, 0.3) is 16.6 Å². The maximum atomic E-state index is 14.6. The number of fused-ring (bicyclic) bond motifs is 1. The third kappa shape index (κ3) is 6.87. The van der Waals surface area contributed by atoms with E-state index in [9.17, 15) is 23.5 Å². The highest BCUT2D eigenvalue weighted by Crippen LogP contribution is 2.49. The van der Waals surface area contributed by atoms with Crippen molar-refractivity contribution in [1.29, 1.82) is 0 Å². The van der Waals surface area contributed by atoms with Crippen LogP contribution in [0.1, 0.15) is 27.0 Å². The van der Waals surface area contributed by atoms with E-state index in [1.54, 1.807) is 24.3 Å². The zero-order valence-electron chi connectivity index (χ0n) is 26.9. The van der Waals surface area contributed by atoms with E-state index in [1.165, 1.54) is 71.9 Å². The smallest absolute Gasteiger partial charge is 0.342 e. The molecule has 4 aromatic carbocycles. The molecule has 0 radical (unpaired) electrons. The Morgan fingerprint density at radius 1 is 0.776 bits per heavy atom. The lowest BCUT2D eigenvalue weighted by Gasteiger charge is -2.27. The van der Waals surface area contributed by atoms with Gasteiger partial charge in [-0.05, 0) is 65.7 Å². The second kappa shape index (κ2) is 14.7. The van der Waals surface area contributed by atoms with Crippen LogP contribution < -0.4 is 23.7 Å². The fraction of sp³-hybridized carbons (Fsp3) is 0.200. The minimum absolute atomic E-state index is 0.0253. The molecule has 14 heteroatoms. The normalized spacial score (nSPS) is 15.3. The molecule has 0 bridgehead atoms. The van der Waals surface area contributed by atoms with Gasteiger partial charge in [0.25, 0.3) is 5.79 Å². The molecule has 6 rings (SSSR count). The number of rotatable bonds is 10. The Balaban J connectivity index is 0.000000363. The van der Waals surface area contributed by atoms with Crippen molar-refractivity contribution in [2.45, 2.75) is 12.2 Å². The molecule has 5 aromatic rings. The highest BCUT2D eigenvalue weighted by atomic mass is 32.1. The van der Waals surface area contributed by atoms with Crippen molar-refractivity contribution in [3.63, 3.8) is 0 Å². The van der Waals surface area contributed by atoms with E-state index in [2.05, 4.69) is 13.5 Å². The molecule has 11 nitrogen and oxygen atoms in total. The minimum atomic E-state index is -2.23. The molecule has 0 fully saturated rings. The number of carbonyl (C=O) groups excluding carboxylic acids is 2. The molecular weight excluding hydrogens is 662 g/mol. The molecule has 1 unspecified atom stereocenters. The van der Waals surface area contributed by atoms with Crippen LogP contribution >= 0.6 is 11.7 Å². The Morgan fingerprint density at radius 2 is 1.39 bits per heavy atom. The van der Waals surface area contributed by atoms with E-state index in [4.69, 9.17) is 23.7 Å². The number of hydrogen-bond acceptors (Lipinski definition) is 12. The molecule has 1 aromatic heterocycles. The maximum absolute atomic E-state index is 14.6. The van der Waals surface area contributed by atoms with Gasteiger partial charge in [0.1, 0.15) is 17.3 Å². The van der Waals surface area contributed by atoms with Crippen LogP contribution in [0.2, 0.25) is 0 Å². The number of cyclic esters (lactones) is 1. The van der Waals surface area contributed by atoms with E-state index in [-0.39, 0.29) is 46.1 Å². The van der Waals surface area contributed by atoms with Crippen molar-refractivity contribution >= 4 is 40.6 Å². The Hall–Kier alpha value is -5.60. The SMILES string of the molecule is COc1ccc(C=O)cc1F.COc1ccc(CC2=C(c3ccc4nsnc4c3)C(=O)OC2(O)c2cc(OC)c(OC)c(OC)c2)cc1F. The summed E-state index contributed by atoms with van der Waals surface area (Å²) >= 11 is 1.05. The number of carbonyl (C=O) groups is 2. The second-order valence-electron chi connectivity index (χ2n) is 10.4. The maximum Gasteiger partial charge on any atom is 0.342 e. The number of benzene rings is 4. The second-order valence-corrected chi connectivity index (χ2v) is 11.0. The molecule has 1 atom stereocenters. The summed E-state index contributed by atoms with van der Waals surface area (Å²) in [5.41, 5.74) is 3.02. The summed E-state index contributed by atoms with van der Waals surface area (Å²) in [6.45, 7) is 0. The van der Waals surface area contributed by atoms with Crippen LogP contribution in [-0.2, 0) is 21.7 Å². The summed E-state index contributed by atoms with van der Waals surface area (Å²) in [4.78, 5) is 23.5. The number of nitrogens with zero attached hydrogens (tertiary/aromatic N) is 2. The Kier molecular flexibility index (Phi) is 10.4. The van der Waals surface area contributed by atoms with Crippen LogP contribution in [0, 0.1) is 11.6 Å². The molecule has 0 saturated carbocycles. The third-order valence-corrected chi connectivity index (χ3v) is 8.22. The number of hydrogen-bond donors (Lipinski definition) is 1. The third-order valence-electron chi connectivity index (χ3n) is 7.66. The van der Waals surface area contributed by atoms with Gasteiger partial charge in [-0.2, -0.15) is 8.75 Å². The van der Waals surface area contributed by atoms with Crippen molar-refractivity contribution in [2.24, 2.45) is 0 Å². The first kappa shape index (κ1) is 34.7. The van der Waals surface area contributed by atoms with Crippen LogP contribution in [-0.4, -0.2) is 61.7 Å². The number of halogens is 2. The highest BCUT2D eigenvalue weighted by molar-refractivity contribution is 7.00. The van der Waals surface area contributed by atoms with E-state index >= 15 is 0 Å². The van der Waals surface area contributed by atoms with Crippen molar-refractivity contribution < 1.29 is 51.9 Å². The van der Waals surface area contributed by atoms with Gasteiger partial charge in [0, 0.05) is 23.1 Å². The fourth-order valence-corrected chi connectivity index (χ4v) is 5.78. The van der Waals surface area contributed by atoms with Crippen LogP contribution in [0.3, 0.4) is 0 Å². The first-order valence-corrected chi connectivity index (χ1v) is 15.2. The summed E-state index contributed by atoms with van der Waals surface area (Å²) in [6, 6.07) is 16.6. The van der Waals surface area contributed by atoms with Crippen molar-refractivity contribution in [3.05, 3.63) is 106 Å². The van der Waals surface area contributed by atoms with Gasteiger partial charge in [0.15, 0.2) is 34.6 Å². The molecule has 49 heavy (non-hydrogen) atoms. The zero-order chi connectivity index (χ0) is 35.3. The van der Waals surface area contributed by atoms with Crippen molar-refractivity contribution in [3.8, 4) is 28.7 Å². The zero-order valence-corrected chi connectivity index (χ0v) is 27.7. The molecule has 254 valence electrons. The Labute approximate surface area is 283 Å². The summed E-state index contributed by atoms with van der Waals surface area (Å²) in [5.74, 6) is -3.05. The van der Waals surface area contributed by atoms with Gasteiger partial charge in [-0.15, -0.1) is 0 Å². The van der Waals surface area contributed by atoms with Gasteiger partial charge in [0.05, 0.1) is 52.9 Å². The predicted octanol–water partition coefficient (Wildman–Crippen LogP) is 5.91.